The van der Waals surface area contributed by atoms with Gasteiger partial charge in [-0.1, -0.05) is 24.3 Å². The topological polar surface area (TPSA) is 49.4 Å². The summed E-state index contributed by atoms with van der Waals surface area (Å²) in [6.45, 7) is 1.67. The molecular formula is C23H18F2N2O2S. The van der Waals surface area contributed by atoms with Crippen LogP contribution in [0.15, 0.2) is 66.7 Å². The first-order valence-corrected chi connectivity index (χ1v) is 10.3. The van der Waals surface area contributed by atoms with Crippen molar-refractivity contribution in [3.05, 3.63) is 95.1 Å². The summed E-state index contributed by atoms with van der Waals surface area (Å²) in [4.78, 5) is 26.5. The second-order valence-electron chi connectivity index (χ2n) is 6.95. The van der Waals surface area contributed by atoms with Crippen molar-refractivity contribution in [2.75, 3.05) is 16.0 Å². The highest BCUT2D eigenvalue weighted by Crippen LogP contribution is 2.42. The predicted octanol–water partition coefficient (Wildman–Crippen LogP) is 5.30. The van der Waals surface area contributed by atoms with Crippen molar-refractivity contribution >= 4 is 35.0 Å². The maximum absolute atomic E-state index is 14.1. The molecule has 152 valence electrons. The summed E-state index contributed by atoms with van der Waals surface area (Å²) in [5, 5.41) is 2.41. The van der Waals surface area contributed by atoms with Crippen LogP contribution in [-0.2, 0) is 4.79 Å². The maximum atomic E-state index is 14.1. The van der Waals surface area contributed by atoms with E-state index < -0.39 is 11.7 Å². The minimum atomic E-state index is -0.488. The van der Waals surface area contributed by atoms with Crippen molar-refractivity contribution in [2.45, 2.75) is 12.3 Å². The lowest BCUT2D eigenvalue weighted by atomic mass is 10.1. The molecule has 30 heavy (non-hydrogen) atoms. The van der Waals surface area contributed by atoms with Gasteiger partial charge in [-0.15, -0.1) is 11.8 Å². The Morgan fingerprint density at radius 3 is 2.63 bits per heavy atom. The highest BCUT2D eigenvalue weighted by Gasteiger charge is 2.34. The average molecular weight is 424 g/mol. The van der Waals surface area contributed by atoms with Crippen LogP contribution in [0.4, 0.5) is 20.2 Å². The third-order valence-corrected chi connectivity index (χ3v) is 6.03. The first kappa shape index (κ1) is 20.1. The standard InChI is InChI=1S/C23H18F2N2O2S/c1-14-8-9-19(12-20(14)25)27-21(28)13-30-23(27)16-5-3-7-18(11-16)26-22(29)15-4-2-6-17(24)10-15/h2-12,23H,13H2,1H3,(H,26,29)/t23-/m0/s1. The molecule has 1 aliphatic rings. The smallest absolute Gasteiger partial charge is 0.255 e. The number of rotatable bonds is 4. The Hall–Kier alpha value is -3.19. The number of nitrogens with one attached hydrogen (secondary N) is 1. The van der Waals surface area contributed by atoms with Gasteiger partial charge < -0.3 is 5.32 Å². The Kier molecular flexibility index (Phi) is 5.55. The van der Waals surface area contributed by atoms with Gasteiger partial charge in [0.1, 0.15) is 17.0 Å². The summed E-state index contributed by atoms with van der Waals surface area (Å²) in [5.74, 6) is -1.12. The molecular weight excluding hydrogens is 406 g/mol. The van der Waals surface area contributed by atoms with E-state index in [4.69, 9.17) is 0 Å². The van der Waals surface area contributed by atoms with E-state index in [2.05, 4.69) is 5.32 Å². The summed E-state index contributed by atoms with van der Waals surface area (Å²) in [6, 6.07) is 17.3. The molecule has 1 saturated heterocycles. The van der Waals surface area contributed by atoms with Crippen LogP contribution >= 0.6 is 11.8 Å². The fraction of sp³-hybridized carbons (Fsp3) is 0.130. The van der Waals surface area contributed by atoms with Crippen LogP contribution in [0.5, 0.6) is 0 Å². The molecule has 4 rings (SSSR count). The number of amides is 2. The highest BCUT2D eigenvalue weighted by atomic mass is 32.2. The Morgan fingerprint density at radius 1 is 1.07 bits per heavy atom. The number of hydrogen-bond donors (Lipinski definition) is 1. The first-order valence-electron chi connectivity index (χ1n) is 9.29. The third-order valence-electron chi connectivity index (χ3n) is 4.82. The highest BCUT2D eigenvalue weighted by molar-refractivity contribution is 8.00. The molecule has 3 aromatic rings. The fourth-order valence-corrected chi connectivity index (χ4v) is 4.45. The van der Waals surface area contributed by atoms with Gasteiger partial charge in [0.25, 0.3) is 5.91 Å². The Labute approximate surface area is 176 Å². The maximum Gasteiger partial charge on any atom is 0.255 e. The van der Waals surface area contributed by atoms with E-state index >= 15 is 0 Å². The van der Waals surface area contributed by atoms with Gasteiger partial charge in [-0.05, 0) is 60.5 Å². The van der Waals surface area contributed by atoms with Crippen molar-refractivity contribution in [1.82, 2.24) is 0 Å². The number of anilines is 2. The summed E-state index contributed by atoms with van der Waals surface area (Å²) < 4.78 is 27.4. The molecule has 0 spiro atoms. The second kappa shape index (κ2) is 8.28. The van der Waals surface area contributed by atoms with Crippen LogP contribution < -0.4 is 10.2 Å². The van der Waals surface area contributed by atoms with Gasteiger partial charge in [0.05, 0.1) is 5.75 Å². The Balaban J connectivity index is 1.60. The van der Waals surface area contributed by atoms with Gasteiger partial charge in [0, 0.05) is 16.9 Å². The van der Waals surface area contributed by atoms with Gasteiger partial charge in [0.2, 0.25) is 5.91 Å². The van der Waals surface area contributed by atoms with Crippen LogP contribution in [0.3, 0.4) is 0 Å². The molecule has 1 N–H and O–H groups in total. The van der Waals surface area contributed by atoms with Crippen LogP contribution in [-0.4, -0.2) is 17.6 Å². The van der Waals surface area contributed by atoms with Crippen LogP contribution in [0.2, 0.25) is 0 Å². The SMILES string of the molecule is Cc1ccc(N2C(=O)CS[C@H]2c2cccc(NC(=O)c3cccc(F)c3)c2)cc1F. The number of halogens is 2. The number of hydrogen-bond acceptors (Lipinski definition) is 3. The normalized spacial score (nSPS) is 16.0. The molecule has 0 aromatic heterocycles. The molecule has 0 saturated carbocycles. The molecule has 0 bridgehead atoms. The Morgan fingerprint density at radius 2 is 1.87 bits per heavy atom. The van der Waals surface area contributed by atoms with Crippen LogP contribution in [0.1, 0.15) is 26.9 Å². The molecule has 1 fully saturated rings. The average Bonchev–Trinajstić information content (AvgIpc) is 3.12. The lowest BCUT2D eigenvalue weighted by Gasteiger charge is -2.25. The van der Waals surface area contributed by atoms with E-state index in [0.717, 1.165) is 5.56 Å². The monoisotopic (exact) mass is 424 g/mol. The second-order valence-corrected chi connectivity index (χ2v) is 8.02. The quantitative estimate of drug-likeness (QED) is 0.618. The van der Waals surface area contributed by atoms with Crippen molar-refractivity contribution < 1.29 is 18.4 Å². The van der Waals surface area contributed by atoms with Crippen molar-refractivity contribution in [2.24, 2.45) is 0 Å². The van der Waals surface area contributed by atoms with Crippen LogP contribution in [0.25, 0.3) is 0 Å². The third kappa shape index (κ3) is 4.07. The first-order chi connectivity index (χ1) is 14.4. The molecule has 3 aromatic carbocycles. The molecule has 0 unspecified atom stereocenters. The minimum Gasteiger partial charge on any atom is -0.322 e. The number of carbonyl (C=O) groups excluding carboxylic acids is 2. The predicted molar refractivity (Wildman–Crippen MR) is 115 cm³/mol. The van der Waals surface area contributed by atoms with Crippen LogP contribution in [0, 0.1) is 18.6 Å². The molecule has 7 heteroatoms. The largest absolute Gasteiger partial charge is 0.322 e. The number of thioether (sulfide) groups is 1. The number of nitrogens with zero attached hydrogens (tertiary/aromatic N) is 1. The molecule has 1 aliphatic heterocycles. The van der Waals surface area contributed by atoms with E-state index in [1.807, 2.05) is 6.07 Å². The van der Waals surface area contributed by atoms with Crippen molar-refractivity contribution in [1.29, 1.82) is 0 Å². The van der Waals surface area contributed by atoms with Crippen molar-refractivity contribution in [3.63, 3.8) is 0 Å². The molecule has 0 aliphatic carbocycles. The number of aryl methyl sites for hydroxylation is 1. The summed E-state index contributed by atoms with van der Waals surface area (Å²) >= 11 is 1.43. The zero-order valence-electron chi connectivity index (χ0n) is 16.1. The van der Waals surface area contributed by atoms with Gasteiger partial charge in [-0.25, -0.2) is 8.78 Å². The Bertz CT molecular complexity index is 1140. The fourth-order valence-electron chi connectivity index (χ4n) is 3.28. The summed E-state index contributed by atoms with van der Waals surface area (Å²) in [7, 11) is 0. The number of carbonyl (C=O) groups is 2. The molecule has 4 nitrogen and oxygen atoms in total. The van der Waals surface area contributed by atoms with Crippen molar-refractivity contribution in [3.8, 4) is 0 Å². The molecule has 0 radical (unpaired) electrons. The van der Waals surface area contributed by atoms with E-state index in [-0.39, 0.29) is 28.4 Å². The molecule has 1 atom stereocenters. The van der Waals surface area contributed by atoms with E-state index in [9.17, 15) is 18.4 Å². The van der Waals surface area contributed by atoms with Gasteiger partial charge in [-0.2, -0.15) is 0 Å². The summed E-state index contributed by atoms with van der Waals surface area (Å²) in [5.41, 5.74) is 2.53. The summed E-state index contributed by atoms with van der Waals surface area (Å²) in [6.07, 6.45) is 0. The lowest BCUT2D eigenvalue weighted by Crippen LogP contribution is -2.28. The van der Waals surface area contributed by atoms with E-state index in [1.165, 1.54) is 42.1 Å². The van der Waals surface area contributed by atoms with Gasteiger partial charge >= 0.3 is 0 Å². The lowest BCUT2D eigenvalue weighted by molar-refractivity contribution is -0.115. The number of benzene rings is 3. The molecule has 1 heterocycles. The minimum absolute atomic E-state index is 0.109. The molecule has 2 amide bonds. The van der Waals surface area contributed by atoms with Gasteiger partial charge in [0.15, 0.2) is 0 Å². The van der Waals surface area contributed by atoms with Gasteiger partial charge in [-0.3, -0.25) is 14.5 Å². The van der Waals surface area contributed by atoms with E-state index in [1.54, 1.807) is 42.2 Å². The van der Waals surface area contributed by atoms with E-state index in [0.29, 0.717) is 16.9 Å². The zero-order chi connectivity index (χ0) is 21.3. The zero-order valence-corrected chi connectivity index (χ0v) is 16.9.